The first-order valence-corrected chi connectivity index (χ1v) is 12.5. The monoisotopic (exact) mass is 546 g/mol. The molecule has 1 aliphatic heterocycles. The lowest BCUT2D eigenvalue weighted by Crippen LogP contribution is -2.63. The SMILES string of the molecule is CC(=O)OCC1OC(Oc2ccc3c4c(c(=O)oc3c2C)CCC4)C(OC(C)=O)C(OC(C)=O)C1OC(C)=O. The number of benzene rings is 1. The van der Waals surface area contributed by atoms with Crippen LogP contribution in [0.1, 0.15) is 50.8 Å². The van der Waals surface area contributed by atoms with E-state index in [9.17, 15) is 24.0 Å². The van der Waals surface area contributed by atoms with Crippen molar-refractivity contribution in [3.05, 3.63) is 39.2 Å². The van der Waals surface area contributed by atoms with Gasteiger partial charge in [0.1, 0.15) is 24.0 Å². The fourth-order valence-electron chi connectivity index (χ4n) is 5.00. The Hall–Kier alpha value is -3.93. The molecule has 2 aliphatic rings. The van der Waals surface area contributed by atoms with Crippen molar-refractivity contribution in [3.8, 4) is 5.75 Å². The quantitative estimate of drug-likeness (QED) is 0.284. The third-order valence-electron chi connectivity index (χ3n) is 6.53. The molecule has 1 aliphatic carbocycles. The van der Waals surface area contributed by atoms with Crippen LogP contribution in [0.5, 0.6) is 5.75 Å². The third kappa shape index (κ3) is 6.06. The summed E-state index contributed by atoms with van der Waals surface area (Å²) in [6.45, 7) is 5.93. The van der Waals surface area contributed by atoms with Crippen LogP contribution in [0.2, 0.25) is 0 Å². The van der Waals surface area contributed by atoms with Gasteiger partial charge in [0.15, 0.2) is 12.2 Å². The summed E-state index contributed by atoms with van der Waals surface area (Å²) in [6.07, 6.45) is -4.31. The molecular weight excluding hydrogens is 516 g/mol. The van der Waals surface area contributed by atoms with E-state index < -0.39 is 60.2 Å². The van der Waals surface area contributed by atoms with Crippen molar-refractivity contribution in [2.24, 2.45) is 0 Å². The summed E-state index contributed by atoms with van der Waals surface area (Å²) in [4.78, 5) is 60.1. The van der Waals surface area contributed by atoms with E-state index in [0.717, 1.165) is 44.6 Å². The second-order valence-corrected chi connectivity index (χ2v) is 9.45. The van der Waals surface area contributed by atoms with Crippen molar-refractivity contribution in [1.82, 2.24) is 0 Å². The molecule has 39 heavy (non-hydrogen) atoms. The zero-order valence-electron chi connectivity index (χ0n) is 22.3. The van der Waals surface area contributed by atoms with Crippen LogP contribution >= 0.6 is 0 Å². The van der Waals surface area contributed by atoms with Crippen LogP contribution in [0.4, 0.5) is 0 Å². The van der Waals surface area contributed by atoms with Crippen molar-refractivity contribution >= 4 is 34.8 Å². The molecule has 0 N–H and O–H groups in total. The van der Waals surface area contributed by atoms with E-state index in [1.165, 1.54) is 6.92 Å². The van der Waals surface area contributed by atoms with Crippen LogP contribution in [-0.2, 0) is 55.7 Å². The topological polar surface area (TPSA) is 154 Å². The number of hydrogen-bond donors (Lipinski definition) is 0. The lowest BCUT2D eigenvalue weighted by Gasteiger charge is -2.44. The van der Waals surface area contributed by atoms with E-state index in [2.05, 4.69) is 0 Å². The van der Waals surface area contributed by atoms with E-state index >= 15 is 0 Å². The minimum atomic E-state index is -1.40. The molecule has 210 valence electrons. The number of esters is 4. The van der Waals surface area contributed by atoms with Crippen LogP contribution in [0.3, 0.4) is 0 Å². The smallest absolute Gasteiger partial charge is 0.339 e. The summed E-state index contributed by atoms with van der Waals surface area (Å²) in [7, 11) is 0. The van der Waals surface area contributed by atoms with Crippen molar-refractivity contribution < 1.29 is 52.0 Å². The molecule has 1 fully saturated rings. The highest BCUT2D eigenvalue weighted by Crippen LogP contribution is 2.36. The Bertz CT molecular complexity index is 1360. The Labute approximate surface area is 223 Å². The summed E-state index contributed by atoms with van der Waals surface area (Å²) < 4.78 is 39.1. The lowest BCUT2D eigenvalue weighted by molar-refractivity contribution is -0.288. The summed E-state index contributed by atoms with van der Waals surface area (Å²) in [5, 5.41) is 0.800. The van der Waals surface area contributed by atoms with Gasteiger partial charge in [0.2, 0.25) is 12.4 Å². The second kappa shape index (κ2) is 11.4. The van der Waals surface area contributed by atoms with E-state index in [4.69, 9.17) is 32.8 Å². The standard InChI is InChI=1S/C27H30O12/c1-12-20(10-9-18-17-7-6-8-19(17)26(32)39-22(12)18)37-27-25(36-16(5)31)24(35-15(4)30)23(34-14(3)29)21(38-27)11-33-13(2)28/h9-10,21,23-25,27H,6-8,11H2,1-5H3. The summed E-state index contributed by atoms with van der Waals surface area (Å²) >= 11 is 0. The number of carbonyl (C=O) groups is 4. The van der Waals surface area contributed by atoms with Gasteiger partial charge in [-0.1, -0.05) is 0 Å². The minimum Gasteiger partial charge on any atom is -0.463 e. The van der Waals surface area contributed by atoms with Crippen LogP contribution in [-0.4, -0.2) is 61.2 Å². The second-order valence-electron chi connectivity index (χ2n) is 9.45. The molecule has 2 aromatic rings. The van der Waals surface area contributed by atoms with E-state index in [1.54, 1.807) is 19.1 Å². The van der Waals surface area contributed by atoms with Gasteiger partial charge in [0.05, 0.1) is 0 Å². The first-order chi connectivity index (χ1) is 18.5. The Morgan fingerprint density at radius 1 is 0.846 bits per heavy atom. The maximum absolute atomic E-state index is 12.6. The predicted octanol–water partition coefficient (Wildman–Crippen LogP) is 2.05. The minimum absolute atomic E-state index is 0.240. The number of hydrogen-bond acceptors (Lipinski definition) is 12. The fraction of sp³-hybridized carbons (Fsp3) is 0.519. The maximum Gasteiger partial charge on any atom is 0.339 e. The molecule has 0 amide bonds. The third-order valence-corrected chi connectivity index (χ3v) is 6.53. The zero-order chi connectivity index (χ0) is 28.4. The average molecular weight is 547 g/mol. The molecule has 1 saturated heterocycles. The highest BCUT2D eigenvalue weighted by molar-refractivity contribution is 5.86. The Kier molecular flexibility index (Phi) is 8.24. The maximum atomic E-state index is 12.6. The van der Waals surface area contributed by atoms with Crippen molar-refractivity contribution in [1.29, 1.82) is 0 Å². The van der Waals surface area contributed by atoms with E-state index in [1.807, 2.05) is 0 Å². The van der Waals surface area contributed by atoms with E-state index in [0.29, 0.717) is 23.1 Å². The average Bonchev–Trinajstić information content (AvgIpc) is 3.34. The number of aryl methyl sites for hydroxylation is 2. The molecule has 5 atom stereocenters. The summed E-state index contributed by atoms with van der Waals surface area (Å²) in [5.74, 6) is -2.62. The fourth-order valence-corrected chi connectivity index (χ4v) is 5.00. The van der Waals surface area contributed by atoms with Gasteiger partial charge in [0, 0.05) is 44.2 Å². The molecule has 12 heteroatoms. The predicted molar refractivity (Wildman–Crippen MR) is 132 cm³/mol. The normalized spacial score (nSPS) is 24.0. The number of fused-ring (bicyclic) bond motifs is 3. The van der Waals surface area contributed by atoms with Gasteiger partial charge in [-0.2, -0.15) is 0 Å². The van der Waals surface area contributed by atoms with Gasteiger partial charge >= 0.3 is 29.5 Å². The molecule has 4 rings (SSSR count). The van der Waals surface area contributed by atoms with Gasteiger partial charge in [-0.25, -0.2) is 4.79 Å². The van der Waals surface area contributed by atoms with Gasteiger partial charge in [-0.3, -0.25) is 19.2 Å². The largest absolute Gasteiger partial charge is 0.463 e. The van der Waals surface area contributed by atoms with Crippen molar-refractivity contribution in [3.63, 3.8) is 0 Å². The first-order valence-electron chi connectivity index (χ1n) is 12.5. The molecule has 12 nitrogen and oxygen atoms in total. The zero-order valence-corrected chi connectivity index (χ0v) is 22.3. The molecule has 1 aromatic carbocycles. The van der Waals surface area contributed by atoms with Gasteiger partial charge < -0.3 is 32.8 Å². The molecule has 5 unspecified atom stereocenters. The van der Waals surface area contributed by atoms with Crippen LogP contribution in [0.15, 0.2) is 21.3 Å². The number of rotatable bonds is 7. The van der Waals surface area contributed by atoms with Crippen LogP contribution in [0.25, 0.3) is 11.0 Å². The molecule has 1 aromatic heterocycles. The van der Waals surface area contributed by atoms with Gasteiger partial charge in [0.25, 0.3) is 0 Å². The molecule has 0 radical (unpaired) electrons. The Balaban J connectivity index is 1.75. The summed E-state index contributed by atoms with van der Waals surface area (Å²) in [6, 6.07) is 3.44. The number of carbonyl (C=O) groups excluding carboxylic acids is 4. The highest BCUT2D eigenvalue weighted by atomic mass is 16.7. The van der Waals surface area contributed by atoms with Crippen molar-refractivity contribution in [2.45, 2.75) is 84.6 Å². The van der Waals surface area contributed by atoms with Gasteiger partial charge in [-0.15, -0.1) is 0 Å². The van der Waals surface area contributed by atoms with Crippen LogP contribution in [0, 0.1) is 6.92 Å². The molecule has 0 bridgehead atoms. The molecular formula is C27H30O12. The highest BCUT2D eigenvalue weighted by Gasteiger charge is 2.53. The Morgan fingerprint density at radius 3 is 2.10 bits per heavy atom. The molecule has 2 heterocycles. The van der Waals surface area contributed by atoms with Gasteiger partial charge in [-0.05, 0) is 43.9 Å². The summed E-state index contributed by atoms with van der Waals surface area (Å²) in [5.41, 5.74) is 2.07. The molecule has 0 saturated carbocycles. The molecule has 0 spiro atoms. The first kappa shape index (κ1) is 28.1. The van der Waals surface area contributed by atoms with Crippen molar-refractivity contribution in [2.75, 3.05) is 6.61 Å². The number of ether oxygens (including phenoxy) is 6. The van der Waals surface area contributed by atoms with Crippen LogP contribution < -0.4 is 10.4 Å². The lowest BCUT2D eigenvalue weighted by atomic mass is 9.98. The van der Waals surface area contributed by atoms with E-state index in [-0.39, 0.29) is 12.4 Å². The Morgan fingerprint density at radius 2 is 1.46 bits per heavy atom.